The minimum Gasteiger partial charge on any atom is -0.452 e. The van der Waals surface area contributed by atoms with Crippen molar-refractivity contribution in [3.05, 3.63) is 243 Å². The van der Waals surface area contributed by atoms with Gasteiger partial charge in [-0.15, -0.1) is 0 Å². The van der Waals surface area contributed by atoms with Crippen molar-refractivity contribution in [2.75, 3.05) is 9.80 Å². The first-order valence-electron chi connectivity index (χ1n) is 25.4. The van der Waals surface area contributed by atoms with E-state index in [1.807, 2.05) is 0 Å². The Hall–Kier alpha value is -8.70. The Morgan fingerprint density at radius 2 is 0.833 bits per heavy atom. The highest BCUT2D eigenvalue weighted by molar-refractivity contribution is 7.04. The molecule has 2 aliphatic rings. The molecule has 0 saturated heterocycles. The van der Waals surface area contributed by atoms with Crippen LogP contribution >= 0.6 is 0 Å². The Balaban J connectivity index is 0.911. The summed E-state index contributed by atoms with van der Waals surface area (Å²) in [6.07, 6.45) is 0. The Morgan fingerprint density at radius 3 is 1.51 bits per heavy atom. The highest BCUT2D eigenvalue weighted by Gasteiger charge is 2.43. The van der Waals surface area contributed by atoms with Crippen LogP contribution in [0.3, 0.4) is 0 Å². The number of hydrogen-bond acceptors (Lipinski definition) is 3. The van der Waals surface area contributed by atoms with Gasteiger partial charge in [-0.2, -0.15) is 0 Å². The van der Waals surface area contributed by atoms with Crippen LogP contribution in [0.4, 0.5) is 34.1 Å². The van der Waals surface area contributed by atoms with Crippen LogP contribution in [0.2, 0.25) is 12.1 Å². The zero-order chi connectivity index (χ0) is 47.9. The van der Waals surface area contributed by atoms with Gasteiger partial charge < -0.3 is 14.5 Å². The SMILES string of the molecule is CC[Si]1(CC)c2ccccc2N(c2ccc(-c3cc4c5ccccc5c(-c5ccccc5)cc4c4ccccc34)cc2)c2cc(-c3ccc4c(c3)N(c3ccccc3)c3ccc5ccccc5c3O4)ccc21. The number of nitrogens with zero attached hydrogens (tertiary/aromatic N) is 2. The minimum atomic E-state index is -2.15. The highest BCUT2D eigenvalue weighted by Crippen LogP contribution is 2.54. The molecular formula is C68H50N2OSi. The maximum Gasteiger partial charge on any atom is 0.159 e. The number of rotatable bonds is 7. The third-order valence-electron chi connectivity index (χ3n) is 15.9. The number of hydrogen-bond donors (Lipinski definition) is 0. The summed E-state index contributed by atoms with van der Waals surface area (Å²) in [5.41, 5.74) is 14.1. The van der Waals surface area contributed by atoms with Crippen LogP contribution in [0.15, 0.2) is 243 Å². The second-order valence-electron chi connectivity index (χ2n) is 19.4. The Morgan fingerprint density at radius 1 is 0.333 bits per heavy atom. The smallest absolute Gasteiger partial charge is 0.159 e. The van der Waals surface area contributed by atoms with Crippen molar-refractivity contribution in [3.63, 3.8) is 0 Å². The third-order valence-corrected chi connectivity index (χ3v) is 21.2. The van der Waals surface area contributed by atoms with E-state index < -0.39 is 8.07 Å². The fourth-order valence-corrected chi connectivity index (χ4v) is 16.8. The number of benzene rings is 12. The second-order valence-corrected chi connectivity index (χ2v) is 24.1. The van der Waals surface area contributed by atoms with Gasteiger partial charge in [-0.3, -0.25) is 0 Å². The van der Waals surface area contributed by atoms with E-state index in [0.717, 1.165) is 62.7 Å². The molecule has 2 heterocycles. The lowest BCUT2D eigenvalue weighted by molar-refractivity contribution is 0.482. The van der Waals surface area contributed by atoms with Crippen LogP contribution in [0, 0.1) is 0 Å². The molecule has 0 radical (unpaired) electrons. The van der Waals surface area contributed by atoms with Crippen molar-refractivity contribution in [2.24, 2.45) is 0 Å². The molecule has 0 amide bonds. The van der Waals surface area contributed by atoms with Crippen molar-refractivity contribution < 1.29 is 4.74 Å². The van der Waals surface area contributed by atoms with Gasteiger partial charge in [-0.25, -0.2) is 0 Å². The molecule has 0 unspecified atom stereocenters. The molecule has 12 aromatic rings. The summed E-state index contributed by atoms with van der Waals surface area (Å²) in [6.45, 7) is 4.83. The van der Waals surface area contributed by atoms with Gasteiger partial charge in [0.15, 0.2) is 11.5 Å². The molecule has 4 heteroatoms. The van der Waals surface area contributed by atoms with Gasteiger partial charge in [0.05, 0.1) is 11.4 Å². The highest BCUT2D eigenvalue weighted by atomic mass is 28.3. The molecule has 72 heavy (non-hydrogen) atoms. The third kappa shape index (κ3) is 6.42. The van der Waals surface area contributed by atoms with E-state index in [2.05, 4.69) is 266 Å². The van der Waals surface area contributed by atoms with Crippen molar-refractivity contribution in [1.82, 2.24) is 0 Å². The first-order valence-corrected chi connectivity index (χ1v) is 27.8. The largest absolute Gasteiger partial charge is 0.452 e. The van der Waals surface area contributed by atoms with Crippen molar-refractivity contribution >= 4 is 95.7 Å². The van der Waals surface area contributed by atoms with Crippen LogP contribution in [0.1, 0.15) is 13.8 Å². The van der Waals surface area contributed by atoms with E-state index in [4.69, 9.17) is 4.74 Å². The van der Waals surface area contributed by atoms with Crippen LogP contribution in [-0.4, -0.2) is 8.07 Å². The van der Waals surface area contributed by atoms with Gasteiger partial charge in [0.2, 0.25) is 0 Å². The summed E-state index contributed by atoms with van der Waals surface area (Å²) in [7, 11) is -2.15. The molecular weight excluding hydrogens is 889 g/mol. The van der Waals surface area contributed by atoms with Crippen LogP contribution < -0.4 is 24.9 Å². The molecule has 0 N–H and O–H groups in total. The van der Waals surface area contributed by atoms with Crippen LogP contribution in [0.25, 0.3) is 76.5 Å². The summed E-state index contributed by atoms with van der Waals surface area (Å²) in [6, 6.07) is 92.0. The molecule has 0 spiro atoms. The van der Waals surface area contributed by atoms with E-state index in [-0.39, 0.29) is 0 Å². The zero-order valence-electron chi connectivity index (χ0n) is 40.3. The maximum atomic E-state index is 6.88. The summed E-state index contributed by atoms with van der Waals surface area (Å²) in [5.74, 6) is 1.72. The predicted molar refractivity (Wildman–Crippen MR) is 308 cm³/mol. The van der Waals surface area contributed by atoms with Gasteiger partial charge in [0.1, 0.15) is 8.07 Å². The standard InChI is InChI=1S/C68H50N2OSi/c1-3-72(4-2)66-30-18-17-29-61(66)69(51-36-31-47(32-37-51)58-44-60-55-27-15-13-25-53(55)57(45-19-7-5-8-20-45)43-59(60)56-28-16-14-26-54(56)58)64-42-49(35-40-67(64)72)48-34-39-65-63(41-48)70(50-22-9-6-10-23-50)62-38-33-46-21-11-12-24-52(46)68(62)71-65/h5-44H,3-4H2,1-2H3. The number of anilines is 6. The van der Waals surface area contributed by atoms with Gasteiger partial charge >= 0.3 is 0 Å². The molecule has 2 aliphatic heterocycles. The summed E-state index contributed by atoms with van der Waals surface area (Å²) in [5, 5.41) is 12.9. The Labute approximate surface area is 421 Å². The fourth-order valence-electron chi connectivity index (χ4n) is 12.3. The molecule has 3 nitrogen and oxygen atoms in total. The molecule has 0 saturated carbocycles. The van der Waals surface area contributed by atoms with Gasteiger partial charge in [0, 0.05) is 28.1 Å². The Kier molecular flexibility index (Phi) is 9.80. The van der Waals surface area contributed by atoms with E-state index in [9.17, 15) is 0 Å². The molecule has 0 aromatic heterocycles. The maximum absolute atomic E-state index is 6.88. The molecule has 14 rings (SSSR count). The lowest BCUT2D eigenvalue weighted by atomic mass is 9.88. The number of ether oxygens (including phenoxy) is 1. The predicted octanol–water partition coefficient (Wildman–Crippen LogP) is 18.3. The number of fused-ring (bicyclic) bond motifs is 11. The summed E-state index contributed by atoms with van der Waals surface area (Å²) in [4.78, 5) is 4.91. The fraction of sp³-hybridized carbons (Fsp3) is 0.0588. The summed E-state index contributed by atoms with van der Waals surface area (Å²) < 4.78 is 6.88. The molecule has 12 aromatic carbocycles. The van der Waals surface area contributed by atoms with Crippen molar-refractivity contribution in [1.29, 1.82) is 0 Å². The molecule has 0 atom stereocenters. The van der Waals surface area contributed by atoms with Gasteiger partial charge in [-0.05, 0) is 148 Å². The van der Waals surface area contributed by atoms with Crippen LogP contribution in [-0.2, 0) is 0 Å². The second kappa shape index (κ2) is 16.7. The van der Waals surface area contributed by atoms with E-state index in [1.54, 1.807) is 0 Å². The molecule has 0 fully saturated rings. The van der Waals surface area contributed by atoms with E-state index in [1.165, 1.54) is 81.9 Å². The molecule has 0 bridgehead atoms. The first kappa shape index (κ1) is 42.2. The summed E-state index contributed by atoms with van der Waals surface area (Å²) >= 11 is 0. The van der Waals surface area contributed by atoms with Crippen molar-refractivity contribution in [2.45, 2.75) is 25.9 Å². The van der Waals surface area contributed by atoms with Gasteiger partial charge in [-0.1, -0.05) is 202 Å². The average molecular weight is 939 g/mol. The number of para-hydroxylation sites is 2. The van der Waals surface area contributed by atoms with Crippen molar-refractivity contribution in [3.8, 4) is 44.9 Å². The average Bonchev–Trinajstić information content (AvgIpc) is 3.46. The Bertz CT molecular complexity index is 4110. The first-order chi connectivity index (χ1) is 35.6. The van der Waals surface area contributed by atoms with E-state index >= 15 is 0 Å². The minimum absolute atomic E-state index is 0.841. The normalized spacial score (nSPS) is 13.4. The van der Waals surface area contributed by atoms with Crippen LogP contribution in [0.5, 0.6) is 11.5 Å². The molecule has 0 aliphatic carbocycles. The lowest BCUT2D eigenvalue weighted by Gasteiger charge is -2.44. The lowest BCUT2D eigenvalue weighted by Crippen LogP contribution is -2.62. The zero-order valence-corrected chi connectivity index (χ0v) is 41.3. The topological polar surface area (TPSA) is 15.7 Å². The van der Waals surface area contributed by atoms with E-state index in [0.29, 0.717) is 0 Å². The van der Waals surface area contributed by atoms with Gasteiger partial charge in [0.25, 0.3) is 0 Å². The monoisotopic (exact) mass is 938 g/mol. The quantitative estimate of drug-likeness (QED) is 0.117. The molecule has 342 valence electrons.